The molecule has 0 aromatic heterocycles. The molecule has 4 aliphatic rings. The van der Waals surface area contributed by atoms with Crippen LogP contribution in [-0.4, -0.2) is 42.4 Å². The number of nitrogens with zero attached hydrogens (tertiary/aromatic N) is 1. The minimum Gasteiger partial charge on any atom is -0.347 e. The lowest BCUT2D eigenvalue weighted by atomic mass is 9.70. The molecule has 1 spiro atoms. The maximum absolute atomic E-state index is 5.97. The Morgan fingerprint density at radius 3 is 2.12 bits per heavy atom. The Kier molecular flexibility index (Phi) is 2.34. The molecule has 3 heteroatoms. The molecule has 2 fully saturated rings. The van der Waals surface area contributed by atoms with Crippen LogP contribution in [-0.2, 0) is 9.47 Å². The summed E-state index contributed by atoms with van der Waals surface area (Å²) in [5, 5.41) is 0. The SMILES string of the molecule is C1C[C@@H]2CC3(C[C@@H]4CCC[N+](=C24)C1)OCCO3. The quantitative estimate of drug-likeness (QED) is 0.598. The first-order chi connectivity index (χ1) is 8.36. The lowest BCUT2D eigenvalue weighted by molar-refractivity contribution is -0.544. The van der Waals surface area contributed by atoms with Gasteiger partial charge in [-0.3, -0.25) is 0 Å². The van der Waals surface area contributed by atoms with Crippen molar-refractivity contribution in [3.8, 4) is 0 Å². The van der Waals surface area contributed by atoms with Crippen molar-refractivity contribution < 1.29 is 14.0 Å². The van der Waals surface area contributed by atoms with Crippen LogP contribution < -0.4 is 0 Å². The van der Waals surface area contributed by atoms with Gasteiger partial charge in [0, 0.05) is 37.5 Å². The standard InChI is InChI=1S/C14H22NO2/c1-3-11-9-14(16-7-8-17-14)10-12-4-2-6-15(5-1)13(11)12/h11-12H,1-10H2/q+1/t11-,12+. The summed E-state index contributed by atoms with van der Waals surface area (Å²) in [6.45, 7) is 4.21. The summed E-state index contributed by atoms with van der Waals surface area (Å²) in [5.41, 5.74) is 1.77. The summed E-state index contributed by atoms with van der Waals surface area (Å²) in [6.07, 6.45) is 7.67. The van der Waals surface area contributed by atoms with Gasteiger partial charge in [0.1, 0.15) is 13.1 Å². The number of hydrogen-bond acceptors (Lipinski definition) is 2. The molecule has 3 heterocycles. The van der Waals surface area contributed by atoms with Gasteiger partial charge in [-0.1, -0.05) is 0 Å². The molecule has 3 nitrogen and oxygen atoms in total. The summed E-state index contributed by atoms with van der Waals surface area (Å²) < 4.78 is 14.6. The Balaban J connectivity index is 1.69. The van der Waals surface area contributed by atoms with Crippen LogP contribution in [0.4, 0.5) is 0 Å². The molecular weight excluding hydrogens is 214 g/mol. The van der Waals surface area contributed by atoms with Crippen molar-refractivity contribution in [2.75, 3.05) is 26.3 Å². The Labute approximate surface area is 103 Å². The van der Waals surface area contributed by atoms with Crippen LogP contribution in [0, 0.1) is 11.8 Å². The fraction of sp³-hybridized carbons (Fsp3) is 0.929. The van der Waals surface area contributed by atoms with E-state index < -0.39 is 0 Å². The normalized spacial score (nSPS) is 39.5. The van der Waals surface area contributed by atoms with E-state index in [-0.39, 0.29) is 5.79 Å². The second kappa shape index (κ2) is 3.79. The van der Waals surface area contributed by atoms with Crippen molar-refractivity contribution in [3.63, 3.8) is 0 Å². The molecule has 0 unspecified atom stereocenters. The number of hydrogen-bond donors (Lipinski definition) is 0. The molecular formula is C14H22NO2+. The highest BCUT2D eigenvalue weighted by Crippen LogP contribution is 2.45. The van der Waals surface area contributed by atoms with Gasteiger partial charge < -0.3 is 9.47 Å². The van der Waals surface area contributed by atoms with Crippen molar-refractivity contribution in [3.05, 3.63) is 0 Å². The molecule has 2 atom stereocenters. The van der Waals surface area contributed by atoms with Gasteiger partial charge in [0.15, 0.2) is 11.5 Å². The predicted molar refractivity (Wildman–Crippen MR) is 64.3 cm³/mol. The Hall–Kier alpha value is -0.410. The van der Waals surface area contributed by atoms with Gasteiger partial charge in [0.05, 0.1) is 13.2 Å². The zero-order valence-corrected chi connectivity index (χ0v) is 10.5. The van der Waals surface area contributed by atoms with Gasteiger partial charge in [-0.25, -0.2) is 4.58 Å². The van der Waals surface area contributed by atoms with Crippen LogP contribution in [0.25, 0.3) is 0 Å². The van der Waals surface area contributed by atoms with Gasteiger partial charge in [-0.15, -0.1) is 0 Å². The van der Waals surface area contributed by atoms with E-state index in [1.165, 1.54) is 38.8 Å². The van der Waals surface area contributed by atoms with E-state index in [9.17, 15) is 0 Å². The molecule has 17 heavy (non-hydrogen) atoms. The van der Waals surface area contributed by atoms with Crippen molar-refractivity contribution in [1.82, 2.24) is 0 Å². The van der Waals surface area contributed by atoms with Crippen molar-refractivity contribution in [1.29, 1.82) is 0 Å². The Morgan fingerprint density at radius 2 is 1.53 bits per heavy atom. The van der Waals surface area contributed by atoms with Gasteiger partial charge in [-0.2, -0.15) is 0 Å². The molecule has 0 bridgehead atoms. The molecule has 94 valence electrons. The lowest BCUT2D eigenvalue weighted by Gasteiger charge is -2.43. The smallest absolute Gasteiger partial charge is 0.170 e. The molecule has 0 aromatic rings. The first-order valence-electron chi connectivity index (χ1n) is 7.26. The molecule has 1 saturated carbocycles. The molecule has 0 N–H and O–H groups in total. The molecule has 0 aromatic carbocycles. The van der Waals surface area contributed by atoms with E-state index >= 15 is 0 Å². The molecule has 0 amide bonds. The number of rotatable bonds is 0. The van der Waals surface area contributed by atoms with E-state index in [1.54, 1.807) is 5.71 Å². The zero-order chi connectivity index (χ0) is 11.3. The highest BCUT2D eigenvalue weighted by molar-refractivity contribution is 5.86. The Bertz CT molecular complexity index is 331. The third-order valence-electron chi connectivity index (χ3n) is 5.09. The summed E-state index contributed by atoms with van der Waals surface area (Å²) in [6, 6.07) is 0. The molecule has 1 saturated heterocycles. The summed E-state index contributed by atoms with van der Waals surface area (Å²) in [4.78, 5) is 0. The van der Waals surface area contributed by atoms with Gasteiger partial charge in [0.25, 0.3) is 0 Å². The minimum atomic E-state index is -0.195. The topological polar surface area (TPSA) is 21.5 Å². The third-order valence-corrected chi connectivity index (χ3v) is 5.09. The lowest BCUT2D eigenvalue weighted by Crippen LogP contribution is -2.52. The van der Waals surface area contributed by atoms with Gasteiger partial charge in [-0.05, 0) is 12.8 Å². The van der Waals surface area contributed by atoms with Crippen molar-refractivity contribution in [2.45, 2.75) is 44.3 Å². The van der Waals surface area contributed by atoms with E-state index in [1.807, 2.05) is 0 Å². The van der Waals surface area contributed by atoms with Crippen molar-refractivity contribution >= 4 is 5.71 Å². The first-order valence-corrected chi connectivity index (χ1v) is 7.26. The number of ether oxygens (including phenoxy) is 2. The minimum absolute atomic E-state index is 0.195. The molecule has 0 radical (unpaired) electrons. The molecule has 3 aliphatic heterocycles. The zero-order valence-electron chi connectivity index (χ0n) is 10.5. The van der Waals surface area contributed by atoms with Crippen LogP contribution in [0.5, 0.6) is 0 Å². The highest BCUT2D eigenvalue weighted by atomic mass is 16.7. The fourth-order valence-corrected chi connectivity index (χ4v) is 4.55. The predicted octanol–water partition coefficient (Wildman–Crippen LogP) is 1.80. The summed E-state index contributed by atoms with van der Waals surface area (Å²) in [5.74, 6) is 1.31. The monoisotopic (exact) mass is 236 g/mol. The maximum atomic E-state index is 5.97. The summed E-state index contributed by atoms with van der Waals surface area (Å²) in [7, 11) is 0. The third kappa shape index (κ3) is 1.59. The van der Waals surface area contributed by atoms with E-state index in [0.717, 1.165) is 37.9 Å². The average Bonchev–Trinajstić information content (AvgIpc) is 2.77. The van der Waals surface area contributed by atoms with Gasteiger partial charge in [0.2, 0.25) is 0 Å². The van der Waals surface area contributed by atoms with E-state index in [0.29, 0.717) is 0 Å². The van der Waals surface area contributed by atoms with Crippen LogP contribution in [0.1, 0.15) is 38.5 Å². The first kappa shape index (κ1) is 10.5. The maximum Gasteiger partial charge on any atom is 0.170 e. The van der Waals surface area contributed by atoms with Crippen LogP contribution in [0.15, 0.2) is 0 Å². The second-order valence-corrected chi connectivity index (χ2v) is 6.11. The largest absolute Gasteiger partial charge is 0.347 e. The van der Waals surface area contributed by atoms with Crippen LogP contribution in [0.2, 0.25) is 0 Å². The Morgan fingerprint density at radius 1 is 0.941 bits per heavy atom. The highest BCUT2D eigenvalue weighted by Gasteiger charge is 2.52. The average molecular weight is 236 g/mol. The van der Waals surface area contributed by atoms with Crippen LogP contribution >= 0.6 is 0 Å². The van der Waals surface area contributed by atoms with Gasteiger partial charge >= 0.3 is 0 Å². The fourth-order valence-electron chi connectivity index (χ4n) is 4.55. The van der Waals surface area contributed by atoms with E-state index in [4.69, 9.17) is 9.47 Å². The van der Waals surface area contributed by atoms with E-state index in [2.05, 4.69) is 4.58 Å². The second-order valence-electron chi connectivity index (χ2n) is 6.11. The molecule has 4 rings (SSSR count). The van der Waals surface area contributed by atoms with Crippen molar-refractivity contribution in [2.24, 2.45) is 11.8 Å². The summed E-state index contributed by atoms with van der Waals surface area (Å²) >= 11 is 0. The molecule has 1 aliphatic carbocycles. The van der Waals surface area contributed by atoms with Crippen LogP contribution in [0.3, 0.4) is 0 Å².